The van der Waals surface area contributed by atoms with Crippen LogP contribution in [0, 0.1) is 0 Å². The van der Waals surface area contributed by atoms with E-state index in [1.807, 2.05) is 0 Å². The van der Waals surface area contributed by atoms with Gasteiger partial charge in [0.05, 0.1) is 18.2 Å². The van der Waals surface area contributed by atoms with Crippen molar-refractivity contribution in [2.24, 2.45) is 0 Å². The highest BCUT2D eigenvalue weighted by Gasteiger charge is 2.39. The smallest absolute Gasteiger partial charge is 0.251 e. The summed E-state index contributed by atoms with van der Waals surface area (Å²) in [7, 11) is -3.73. The second kappa shape index (κ2) is 9.12. The maximum Gasteiger partial charge on any atom is 0.251 e. The summed E-state index contributed by atoms with van der Waals surface area (Å²) in [5.41, 5.74) is 0.260. The number of rotatable bonds is 7. The van der Waals surface area contributed by atoms with Crippen molar-refractivity contribution >= 4 is 27.5 Å². The van der Waals surface area contributed by atoms with Gasteiger partial charge in [-0.15, -0.1) is 0 Å². The number of benzene rings is 1. The van der Waals surface area contributed by atoms with Crippen molar-refractivity contribution in [1.29, 1.82) is 0 Å². The van der Waals surface area contributed by atoms with Crippen molar-refractivity contribution in [2.45, 2.75) is 61.4 Å². The van der Waals surface area contributed by atoms with Gasteiger partial charge in [0, 0.05) is 36.8 Å². The normalized spacial score (nSPS) is 22.6. The predicted octanol–water partition coefficient (Wildman–Crippen LogP) is 2.55. The summed E-state index contributed by atoms with van der Waals surface area (Å²) in [6.45, 7) is 3.76. The Morgan fingerprint density at radius 2 is 1.87 bits per heavy atom. The van der Waals surface area contributed by atoms with Crippen LogP contribution in [0.5, 0.6) is 0 Å². The molecule has 0 unspecified atom stereocenters. The molecule has 7 nitrogen and oxygen atoms in total. The number of carbonyl (C=O) groups excluding carboxylic acids is 1. The zero-order valence-electron chi connectivity index (χ0n) is 17.2. The fourth-order valence-electron chi connectivity index (χ4n) is 4.53. The molecule has 1 saturated heterocycles. The van der Waals surface area contributed by atoms with Crippen molar-refractivity contribution in [3.8, 4) is 0 Å². The maximum atomic E-state index is 12.9. The third kappa shape index (κ3) is 4.99. The summed E-state index contributed by atoms with van der Waals surface area (Å²) in [6.07, 6.45) is 7.32. The van der Waals surface area contributed by atoms with Gasteiger partial charge in [-0.2, -0.15) is 0 Å². The van der Waals surface area contributed by atoms with Crippen molar-refractivity contribution in [3.05, 3.63) is 28.8 Å². The van der Waals surface area contributed by atoms with Crippen LogP contribution < -0.4 is 10.0 Å². The van der Waals surface area contributed by atoms with E-state index in [-0.39, 0.29) is 27.4 Å². The van der Waals surface area contributed by atoms with E-state index in [4.69, 9.17) is 16.3 Å². The molecule has 3 aliphatic rings. The fraction of sp³-hybridized carbons (Fsp3) is 0.667. The molecule has 1 aromatic rings. The number of carbonyl (C=O) groups is 1. The van der Waals surface area contributed by atoms with Crippen LogP contribution in [0.4, 0.5) is 0 Å². The fourth-order valence-corrected chi connectivity index (χ4v) is 6.36. The molecule has 0 bridgehead atoms. The highest BCUT2D eigenvalue weighted by Crippen LogP contribution is 2.34. The van der Waals surface area contributed by atoms with Crippen molar-refractivity contribution in [1.82, 2.24) is 14.9 Å². The molecule has 166 valence electrons. The van der Waals surface area contributed by atoms with E-state index in [1.54, 1.807) is 6.07 Å². The average Bonchev–Trinajstić information content (AvgIpc) is 3.57. The SMILES string of the molecule is O=C(NCC1(N2CCOCC2)CCCCC1)c1ccc(Cl)c(S(=O)(=O)NC2CC2)c1. The Kier molecular flexibility index (Phi) is 6.70. The molecule has 0 radical (unpaired) electrons. The molecule has 1 aromatic carbocycles. The van der Waals surface area contributed by atoms with Crippen LogP contribution in [0.1, 0.15) is 55.3 Å². The lowest BCUT2D eigenvalue weighted by molar-refractivity contribution is -0.0361. The number of hydrogen-bond acceptors (Lipinski definition) is 5. The number of sulfonamides is 1. The molecule has 1 amide bonds. The third-order valence-electron chi connectivity index (χ3n) is 6.43. The summed E-state index contributed by atoms with van der Waals surface area (Å²) in [5, 5.41) is 3.20. The first-order valence-electron chi connectivity index (χ1n) is 10.8. The van der Waals surface area contributed by atoms with Gasteiger partial charge in [0.25, 0.3) is 5.91 Å². The third-order valence-corrected chi connectivity index (χ3v) is 8.43. The Hall–Kier alpha value is -1.19. The molecule has 1 aliphatic heterocycles. The minimum absolute atomic E-state index is 0.0248. The van der Waals surface area contributed by atoms with E-state index >= 15 is 0 Å². The van der Waals surface area contributed by atoms with Gasteiger partial charge in [-0.1, -0.05) is 30.9 Å². The van der Waals surface area contributed by atoms with Crippen LogP contribution in [0.15, 0.2) is 23.1 Å². The van der Waals surface area contributed by atoms with Crippen LogP contribution >= 0.6 is 11.6 Å². The molecule has 3 fully saturated rings. The predicted molar refractivity (Wildman–Crippen MR) is 115 cm³/mol. The highest BCUT2D eigenvalue weighted by molar-refractivity contribution is 7.89. The van der Waals surface area contributed by atoms with E-state index in [0.29, 0.717) is 12.1 Å². The van der Waals surface area contributed by atoms with Crippen LogP contribution in [-0.2, 0) is 14.8 Å². The molecule has 0 spiro atoms. The van der Waals surface area contributed by atoms with Crippen LogP contribution in [0.2, 0.25) is 5.02 Å². The Morgan fingerprint density at radius 3 is 2.53 bits per heavy atom. The minimum Gasteiger partial charge on any atom is -0.379 e. The number of amides is 1. The first-order valence-corrected chi connectivity index (χ1v) is 12.7. The molecular formula is C21H30ClN3O4S. The maximum absolute atomic E-state index is 12.9. The van der Waals surface area contributed by atoms with Gasteiger partial charge in [-0.3, -0.25) is 9.69 Å². The van der Waals surface area contributed by atoms with Crippen LogP contribution in [0.25, 0.3) is 0 Å². The van der Waals surface area contributed by atoms with E-state index in [0.717, 1.165) is 64.8 Å². The lowest BCUT2D eigenvalue weighted by Crippen LogP contribution is -2.59. The lowest BCUT2D eigenvalue weighted by atomic mass is 9.79. The van der Waals surface area contributed by atoms with E-state index < -0.39 is 10.0 Å². The van der Waals surface area contributed by atoms with Gasteiger partial charge in [0.15, 0.2) is 0 Å². The molecule has 2 aliphatic carbocycles. The van der Waals surface area contributed by atoms with E-state index in [9.17, 15) is 13.2 Å². The zero-order chi connectivity index (χ0) is 21.2. The molecule has 0 aromatic heterocycles. The highest BCUT2D eigenvalue weighted by atomic mass is 35.5. The summed E-state index contributed by atoms with van der Waals surface area (Å²) < 4.78 is 33.3. The van der Waals surface area contributed by atoms with E-state index in [2.05, 4.69) is 14.9 Å². The van der Waals surface area contributed by atoms with Crippen molar-refractivity contribution in [3.63, 3.8) is 0 Å². The van der Waals surface area contributed by atoms with Crippen molar-refractivity contribution < 1.29 is 17.9 Å². The Morgan fingerprint density at radius 1 is 1.17 bits per heavy atom. The topological polar surface area (TPSA) is 87.7 Å². The van der Waals surface area contributed by atoms with Crippen molar-refractivity contribution in [2.75, 3.05) is 32.8 Å². The summed E-state index contributed by atoms with van der Waals surface area (Å²) in [6, 6.07) is 4.42. The summed E-state index contributed by atoms with van der Waals surface area (Å²) in [4.78, 5) is 15.4. The van der Waals surface area contributed by atoms with Gasteiger partial charge < -0.3 is 10.1 Å². The second-order valence-corrected chi connectivity index (χ2v) is 10.7. The molecule has 4 rings (SSSR count). The molecule has 0 atom stereocenters. The number of hydrogen-bond donors (Lipinski definition) is 2. The quantitative estimate of drug-likeness (QED) is 0.659. The second-order valence-electron chi connectivity index (χ2n) is 8.61. The van der Waals surface area contributed by atoms with Crippen LogP contribution in [-0.4, -0.2) is 63.7 Å². The number of morpholine rings is 1. The Bertz CT molecular complexity index is 876. The molecule has 9 heteroatoms. The average molecular weight is 456 g/mol. The first-order chi connectivity index (χ1) is 14.4. The van der Waals surface area contributed by atoms with E-state index in [1.165, 1.54) is 18.6 Å². The summed E-state index contributed by atoms with van der Waals surface area (Å²) >= 11 is 6.14. The summed E-state index contributed by atoms with van der Waals surface area (Å²) in [5.74, 6) is -0.271. The molecule has 1 heterocycles. The van der Waals surface area contributed by atoms with Gasteiger partial charge in [0.2, 0.25) is 10.0 Å². The van der Waals surface area contributed by atoms with Gasteiger partial charge in [-0.05, 0) is 43.9 Å². The lowest BCUT2D eigenvalue weighted by Gasteiger charge is -2.48. The monoisotopic (exact) mass is 455 g/mol. The largest absolute Gasteiger partial charge is 0.379 e. The van der Waals surface area contributed by atoms with Gasteiger partial charge in [-0.25, -0.2) is 13.1 Å². The Balaban J connectivity index is 1.48. The number of ether oxygens (including phenoxy) is 1. The molecule has 2 N–H and O–H groups in total. The zero-order valence-corrected chi connectivity index (χ0v) is 18.7. The number of nitrogens with one attached hydrogen (secondary N) is 2. The van der Waals surface area contributed by atoms with Gasteiger partial charge >= 0.3 is 0 Å². The van der Waals surface area contributed by atoms with Crippen LogP contribution in [0.3, 0.4) is 0 Å². The van der Waals surface area contributed by atoms with Gasteiger partial charge in [0.1, 0.15) is 4.90 Å². The Labute approximate surface area is 183 Å². The first kappa shape index (κ1) is 22.0. The standard InChI is InChI=1S/C21H30ClN3O4S/c22-18-7-4-16(14-19(18)30(27,28)24-17-5-6-17)20(26)23-15-21(8-2-1-3-9-21)25-10-12-29-13-11-25/h4,7,14,17,24H,1-3,5-6,8-13,15H2,(H,23,26). The minimum atomic E-state index is -3.73. The molecule has 2 saturated carbocycles. The number of halogens is 1. The molecule has 30 heavy (non-hydrogen) atoms. The number of nitrogens with zero attached hydrogens (tertiary/aromatic N) is 1. The molecular weight excluding hydrogens is 426 g/mol.